The number of nitrogens with zero attached hydrogens (tertiary/aromatic N) is 1. The second-order valence-corrected chi connectivity index (χ2v) is 4.65. The second-order valence-electron chi connectivity index (χ2n) is 4.65. The highest BCUT2D eigenvalue weighted by atomic mass is 16.3. The molecule has 94 valence electrons. The van der Waals surface area contributed by atoms with Crippen LogP contribution in [0.25, 0.3) is 11.1 Å². The van der Waals surface area contributed by atoms with E-state index in [1.54, 1.807) is 0 Å². The molecule has 2 aromatic rings. The molecule has 1 amide bonds. The number of oxazole rings is 1. The van der Waals surface area contributed by atoms with Crippen LogP contribution in [-0.4, -0.2) is 23.5 Å². The number of aromatic nitrogens is 1. The lowest BCUT2D eigenvalue weighted by molar-refractivity contribution is -0.124. The topological polar surface area (TPSA) is 67.2 Å². The van der Waals surface area contributed by atoms with Crippen LogP contribution in [0.3, 0.4) is 0 Å². The highest BCUT2D eigenvalue weighted by Crippen LogP contribution is 2.22. The Bertz CT molecular complexity index is 605. The first-order valence-electron chi connectivity index (χ1n) is 6.04. The Balaban J connectivity index is 1.92. The normalized spacial score (nSPS) is 24.2. The molecule has 3 rings (SSSR count). The summed E-state index contributed by atoms with van der Waals surface area (Å²) in [5.74, 6) is 0.713. The Labute approximate surface area is 105 Å². The molecule has 1 fully saturated rings. The van der Waals surface area contributed by atoms with E-state index in [1.807, 2.05) is 32.0 Å². The van der Waals surface area contributed by atoms with Gasteiger partial charge in [-0.3, -0.25) is 10.1 Å². The number of hydrogen-bond donors (Lipinski definition) is 2. The second kappa shape index (κ2) is 4.10. The van der Waals surface area contributed by atoms with Crippen molar-refractivity contribution in [1.82, 2.24) is 15.6 Å². The number of aryl methyl sites for hydroxylation is 1. The van der Waals surface area contributed by atoms with Gasteiger partial charge in [-0.1, -0.05) is 6.07 Å². The van der Waals surface area contributed by atoms with E-state index in [9.17, 15) is 4.79 Å². The lowest BCUT2D eigenvalue weighted by atomic mass is 10.0. The van der Waals surface area contributed by atoms with Gasteiger partial charge in [-0.25, -0.2) is 4.98 Å². The van der Waals surface area contributed by atoms with Crippen LogP contribution < -0.4 is 10.6 Å². The molecule has 1 aromatic heterocycles. The van der Waals surface area contributed by atoms with E-state index < -0.39 is 0 Å². The molecule has 2 unspecified atom stereocenters. The van der Waals surface area contributed by atoms with Gasteiger partial charge in [0.25, 0.3) is 0 Å². The number of piperazine rings is 1. The molecule has 0 radical (unpaired) electrons. The fourth-order valence-electron chi connectivity index (χ4n) is 2.28. The van der Waals surface area contributed by atoms with Crippen molar-refractivity contribution in [3.63, 3.8) is 0 Å². The molecule has 1 aromatic carbocycles. The van der Waals surface area contributed by atoms with Gasteiger partial charge in [0.2, 0.25) is 5.91 Å². The molecule has 0 saturated carbocycles. The highest BCUT2D eigenvalue weighted by Gasteiger charge is 2.25. The van der Waals surface area contributed by atoms with Crippen molar-refractivity contribution in [3.8, 4) is 0 Å². The zero-order valence-corrected chi connectivity index (χ0v) is 10.4. The van der Waals surface area contributed by atoms with Gasteiger partial charge in [-0.05, 0) is 24.6 Å². The fourth-order valence-corrected chi connectivity index (χ4v) is 2.28. The molecular weight excluding hydrogens is 230 g/mol. The van der Waals surface area contributed by atoms with Crippen LogP contribution in [0.1, 0.15) is 24.4 Å². The van der Waals surface area contributed by atoms with E-state index in [0.29, 0.717) is 12.4 Å². The standard InChI is InChI=1S/C13H15N3O2/c1-7-13(17)14-6-11(15-7)9-3-4-12-10(5-9)16-8(2)18-12/h3-5,7,11,15H,6H2,1-2H3,(H,14,17). The summed E-state index contributed by atoms with van der Waals surface area (Å²) in [7, 11) is 0. The maximum Gasteiger partial charge on any atom is 0.236 e. The van der Waals surface area contributed by atoms with E-state index in [2.05, 4.69) is 15.6 Å². The number of hydrogen-bond acceptors (Lipinski definition) is 4. The molecule has 0 bridgehead atoms. The summed E-state index contributed by atoms with van der Waals surface area (Å²) in [6.45, 7) is 4.30. The summed E-state index contributed by atoms with van der Waals surface area (Å²) in [6.07, 6.45) is 0. The lowest BCUT2D eigenvalue weighted by Crippen LogP contribution is -2.52. The third-order valence-corrected chi connectivity index (χ3v) is 3.25. The molecule has 1 aliphatic rings. The molecule has 5 nitrogen and oxygen atoms in total. The highest BCUT2D eigenvalue weighted by molar-refractivity contribution is 5.82. The first-order chi connectivity index (χ1) is 8.63. The summed E-state index contributed by atoms with van der Waals surface area (Å²) in [5, 5.41) is 6.17. The van der Waals surface area contributed by atoms with Crippen LogP contribution in [0.4, 0.5) is 0 Å². The Morgan fingerprint density at radius 2 is 2.28 bits per heavy atom. The molecule has 1 aliphatic heterocycles. The number of carbonyl (C=O) groups is 1. The zero-order chi connectivity index (χ0) is 12.7. The van der Waals surface area contributed by atoms with Crippen molar-refractivity contribution in [2.45, 2.75) is 25.9 Å². The van der Waals surface area contributed by atoms with E-state index in [4.69, 9.17) is 4.42 Å². The minimum Gasteiger partial charge on any atom is -0.441 e. The van der Waals surface area contributed by atoms with E-state index in [0.717, 1.165) is 16.7 Å². The average Bonchev–Trinajstić information content (AvgIpc) is 2.71. The van der Waals surface area contributed by atoms with Crippen molar-refractivity contribution >= 4 is 17.0 Å². The van der Waals surface area contributed by atoms with Gasteiger partial charge in [-0.15, -0.1) is 0 Å². The van der Waals surface area contributed by atoms with Gasteiger partial charge in [-0.2, -0.15) is 0 Å². The van der Waals surface area contributed by atoms with Gasteiger partial charge < -0.3 is 9.73 Å². The van der Waals surface area contributed by atoms with Crippen molar-refractivity contribution in [2.75, 3.05) is 6.54 Å². The Morgan fingerprint density at radius 1 is 1.44 bits per heavy atom. The molecule has 5 heteroatoms. The molecule has 18 heavy (non-hydrogen) atoms. The molecular formula is C13H15N3O2. The number of nitrogens with one attached hydrogen (secondary N) is 2. The Kier molecular flexibility index (Phi) is 2.56. The van der Waals surface area contributed by atoms with Gasteiger partial charge in [0, 0.05) is 13.5 Å². The van der Waals surface area contributed by atoms with Gasteiger partial charge >= 0.3 is 0 Å². The quantitative estimate of drug-likeness (QED) is 0.794. The minimum atomic E-state index is -0.168. The summed E-state index contributed by atoms with van der Waals surface area (Å²) in [4.78, 5) is 15.7. The number of benzene rings is 1. The minimum absolute atomic E-state index is 0.0459. The first kappa shape index (κ1) is 11.2. The summed E-state index contributed by atoms with van der Waals surface area (Å²) < 4.78 is 5.45. The van der Waals surface area contributed by atoms with Crippen LogP contribution in [0.2, 0.25) is 0 Å². The smallest absolute Gasteiger partial charge is 0.236 e. The van der Waals surface area contributed by atoms with Gasteiger partial charge in [0.1, 0.15) is 5.52 Å². The number of fused-ring (bicyclic) bond motifs is 1. The number of carbonyl (C=O) groups excluding carboxylic acids is 1. The predicted molar refractivity (Wildman–Crippen MR) is 67.1 cm³/mol. The zero-order valence-electron chi connectivity index (χ0n) is 10.4. The van der Waals surface area contributed by atoms with Crippen LogP contribution in [0, 0.1) is 6.92 Å². The monoisotopic (exact) mass is 245 g/mol. The number of rotatable bonds is 1. The predicted octanol–water partition coefficient (Wildman–Crippen LogP) is 1.29. The Morgan fingerprint density at radius 3 is 3.06 bits per heavy atom. The molecule has 1 saturated heterocycles. The maximum absolute atomic E-state index is 11.4. The molecule has 0 aliphatic carbocycles. The van der Waals surface area contributed by atoms with Crippen LogP contribution in [0.5, 0.6) is 0 Å². The molecule has 0 spiro atoms. The van der Waals surface area contributed by atoms with Crippen molar-refractivity contribution in [3.05, 3.63) is 29.7 Å². The average molecular weight is 245 g/mol. The number of amides is 1. The molecule has 2 atom stereocenters. The van der Waals surface area contributed by atoms with Crippen molar-refractivity contribution in [1.29, 1.82) is 0 Å². The maximum atomic E-state index is 11.4. The van der Waals surface area contributed by atoms with Crippen molar-refractivity contribution in [2.24, 2.45) is 0 Å². The van der Waals surface area contributed by atoms with E-state index in [1.165, 1.54) is 0 Å². The molecule has 2 N–H and O–H groups in total. The molecule has 2 heterocycles. The lowest BCUT2D eigenvalue weighted by Gasteiger charge is -2.29. The SMILES string of the molecule is Cc1nc2cc(C3CNC(=O)C(C)N3)ccc2o1. The summed E-state index contributed by atoms with van der Waals surface area (Å²) >= 11 is 0. The summed E-state index contributed by atoms with van der Waals surface area (Å²) in [5.41, 5.74) is 2.77. The third-order valence-electron chi connectivity index (χ3n) is 3.25. The fraction of sp³-hybridized carbons (Fsp3) is 0.385. The van der Waals surface area contributed by atoms with E-state index in [-0.39, 0.29) is 18.0 Å². The van der Waals surface area contributed by atoms with E-state index >= 15 is 0 Å². The van der Waals surface area contributed by atoms with Crippen LogP contribution >= 0.6 is 0 Å². The van der Waals surface area contributed by atoms with Crippen molar-refractivity contribution < 1.29 is 9.21 Å². The Hall–Kier alpha value is -1.88. The summed E-state index contributed by atoms with van der Waals surface area (Å²) in [6, 6.07) is 5.90. The van der Waals surface area contributed by atoms with Gasteiger partial charge in [0.05, 0.1) is 12.1 Å². The third kappa shape index (κ3) is 1.86. The largest absolute Gasteiger partial charge is 0.441 e. The van der Waals surface area contributed by atoms with Crippen LogP contribution in [-0.2, 0) is 4.79 Å². The van der Waals surface area contributed by atoms with Gasteiger partial charge in [0.15, 0.2) is 11.5 Å². The first-order valence-corrected chi connectivity index (χ1v) is 6.04. The van der Waals surface area contributed by atoms with Crippen LogP contribution in [0.15, 0.2) is 22.6 Å².